The van der Waals surface area contributed by atoms with Gasteiger partial charge < -0.3 is 14.1 Å². The molecule has 1 aromatic carbocycles. The van der Waals surface area contributed by atoms with Crippen LogP contribution in [0.25, 0.3) is 21.5 Å². The lowest BCUT2D eigenvalue weighted by molar-refractivity contribution is 0.113. The highest BCUT2D eigenvalue weighted by molar-refractivity contribution is 7.13. The number of aryl methyl sites for hydroxylation is 2. The van der Waals surface area contributed by atoms with Crippen LogP contribution in [0.15, 0.2) is 49.9 Å². The van der Waals surface area contributed by atoms with E-state index in [1.807, 2.05) is 29.9 Å². The fraction of sp³-hybridized carbons (Fsp3) is 0.370. The summed E-state index contributed by atoms with van der Waals surface area (Å²) >= 11 is 1.42. The molecule has 35 heavy (non-hydrogen) atoms. The molecule has 5 heterocycles. The molecule has 2 aliphatic rings. The molecule has 3 aromatic heterocycles. The van der Waals surface area contributed by atoms with Crippen molar-refractivity contribution in [3.05, 3.63) is 79.0 Å². The van der Waals surface area contributed by atoms with Crippen LogP contribution >= 0.6 is 11.3 Å². The van der Waals surface area contributed by atoms with Crippen molar-refractivity contribution < 1.29 is 9.52 Å². The van der Waals surface area contributed by atoms with E-state index in [-0.39, 0.29) is 22.7 Å². The number of phenolic OH excluding ortho intramolecular Hbond substituents is 1. The van der Waals surface area contributed by atoms with Gasteiger partial charge in [0.2, 0.25) is 5.43 Å². The van der Waals surface area contributed by atoms with Crippen LogP contribution < -0.4 is 11.0 Å². The van der Waals surface area contributed by atoms with Gasteiger partial charge in [0.15, 0.2) is 0 Å². The van der Waals surface area contributed by atoms with Crippen molar-refractivity contribution in [1.82, 2.24) is 14.5 Å². The Balaban J connectivity index is 1.40. The van der Waals surface area contributed by atoms with Gasteiger partial charge in [-0.2, -0.15) is 0 Å². The van der Waals surface area contributed by atoms with Crippen molar-refractivity contribution in [2.45, 2.75) is 45.7 Å². The van der Waals surface area contributed by atoms with Crippen LogP contribution in [0.5, 0.6) is 5.75 Å². The molecule has 0 amide bonds. The van der Waals surface area contributed by atoms with Gasteiger partial charge in [-0.25, -0.2) is 4.98 Å². The van der Waals surface area contributed by atoms with Crippen LogP contribution in [-0.2, 0) is 19.5 Å². The van der Waals surface area contributed by atoms with Crippen LogP contribution in [-0.4, -0.2) is 32.6 Å². The molecule has 1 N–H and O–H groups in total. The van der Waals surface area contributed by atoms with Gasteiger partial charge in [0.1, 0.15) is 22.6 Å². The normalized spacial score (nSPS) is 19.7. The Kier molecular flexibility index (Phi) is 5.38. The van der Waals surface area contributed by atoms with Gasteiger partial charge in [-0.05, 0) is 43.4 Å². The maximum atomic E-state index is 13.5. The Bertz CT molecular complexity index is 1570. The lowest BCUT2D eigenvalue weighted by Crippen LogP contribution is -2.46. The number of thiazole rings is 1. The Morgan fingerprint density at radius 1 is 1.23 bits per heavy atom. The molecule has 0 aliphatic carbocycles. The number of aromatic hydroxyl groups is 1. The molecular weight excluding hydrogens is 462 g/mol. The summed E-state index contributed by atoms with van der Waals surface area (Å²) in [5.74, 6) is 0.843. The number of likely N-dealkylation sites (tertiary alicyclic amines) is 1. The van der Waals surface area contributed by atoms with Crippen molar-refractivity contribution in [3.8, 4) is 16.3 Å². The van der Waals surface area contributed by atoms with E-state index in [0.717, 1.165) is 43.0 Å². The number of rotatable bonds is 4. The molecule has 7 nitrogen and oxygen atoms in total. The third-order valence-electron chi connectivity index (χ3n) is 7.38. The van der Waals surface area contributed by atoms with Crippen molar-refractivity contribution in [2.75, 3.05) is 13.1 Å². The van der Waals surface area contributed by atoms with E-state index in [4.69, 9.17) is 4.42 Å². The second-order valence-corrected chi connectivity index (χ2v) is 10.6. The number of fused-ring (bicyclic) bond motifs is 5. The first-order chi connectivity index (χ1) is 16.9. The summed E-state index contributed by atoms with van der Waals surface area (Å²) in [4.78, 5) is 32.6. The molecule has 0 unspecified atom stereocenters. The summed E-state index contributed by atoms with van der Waals surface area (Å²) in [6.45, 7) is 6.69. The minimum absolute atomic E-state index is 0.0675. The van der Waals surface area contributed by atoms with Crippen LogP contribution in [0, 0.1) is 12.8 Å². The van der Waals surface area contributed by atoms with E-state index in [0.29, 0.717) is 46.0 Å². The number of piperidine rings is 1. The number of phenols is 1. The minimum Gasteiger partial charge on any atom is -0.507 e. The number of hydrogen-bond donors (Lipinski definition) is 1. The molecule has 4 aromatic rings. The second-order valence-electron chi connectivity index (χ2n) is 9.76. The van der Waals surface area contributed by atoms with E-state index in [9.17, 15) is 14.7 Å². The average Bonchev–Trinajstić information content (AvgIpc) is 3.27. The largest absolute Gasteiger partial charge is 0.507 e. The first-order valence-corrected chi connectivity index (χ1v) is 12.9. The highest BCUT2D eigenvalue weighted by atomic mass is 32.1. The van der Waals surface area contributed by atoms with Gasteiger partial charge in [0, 0.05) is 54.9 Å². The lowest BCUT2D eigenvalue weighted by Gasteiger charge is -2.42. The van der Waals surface area contributed by atoms with Crippen LogP contribution in [0.1, 0.15) is 41.8 Å². The molecule has 0 spiro atoms. The fourth-order valence-electron chi connectivity index (χ4n) is 5.78. The first kappa shape index (κ1) is 22.2. The summed E-state index contributed by atoms with van der Waals surface area (Å²) < 4.78 is 7.96. The van der Waals surface area contributed by atoms with E-state index in [2.05, 4.69) is 16.0 Å². The summed E-state index contributed by atoms with van der Waals surface area (Å²) in [5, 5.41) is 14.2. The Labute approximate surface area is 206 Å². The molecule has 0 radical (unpaired) electrons. The van der Waals surface area contributed by atoms with Gasteiger partial charge in [0.25, 0.3) is 5.56 Å². The van der Waals surface area contributed by atoms with Gasteiger partial charge in [-0.1, -0.05) is 13.0 Å². The van der Waals surface area contributed by atoms with Crippen LogP contribution in [0.4, 0.5) is 0 Å². The predicted molar refractivity (Wildman–Crippen MR) is 136 cm³/mol. The zero-order valence-electron chi connectivity index (χ0n) is 19.8. The lowest BCUT2D eigenvalue weighted by atomic mass is 9.83. The van der Waals surface area contributed by atoms with E-state index < -0.39 is 0 Å². The Morgan fingerprint density at radius 2 is 2.09 bits per heavy atom. The smallest absolute Gasteiger partial charge is 0.250 e. The second kappa shape index (κ2) is 8.46. The SMILES string of the molecule is CCc1cc2c(=O)c(-c3nc(C)cs3)coc2c(CN2C[C@@H]3C[C@@H](C2)c2cccc(=O)n2C3)c1O. The Morgan fingerprint density at radius 3 is 2.86 bits per heavy atom. The predicted octanol–water partition coefficient (Wildman–Crippen LogP) is 4.27. The maximum absolute atomic E-state index is 13.5. The van der Waals surface area contributed by atoms with Crippen molar-refractivity contribution in [2.24, 2.45) is 5.92 Å². The molecular formula is C27H27N3O4S. The topological polar surface area (TPSA) is 88.6 Å². The number of hydrogen-bond acceptors (Lipinski definition) is 7. The van der Waals surface area contributed by atoms with Gasteiger partial charge in [-0.15, -0.1) is 11.3 Å². The molecule has 2 aliphatic heterocycles. The van der Waals surface area contributed by atoms with E-state index in [1.54, 1.807) is 12.1 Å². The van der Waals surface area contributed by atoms with Crippen LogP contribution in [0.3, 0.4) is 0 Å². The quantitative estimate of drug-likeness (QED) is 0.461. The highest BCUT2D eigenvalue weighted by Gasteiger charge is 2.35. The van der Waals surface area contributed by atoms with Crippen LogP contribution in [0.2, 0.25) is 0 Å². The summed E-state index contributed by atoms with van der Waals surface area (Å²) in [6.07, 6.45) is 3.15. The molecule has 1 saturated heterocycles. The molecule has 6 rings (SSSR count). The molecule has 180 valence electrons. The van der Waals surface area contributed by atoms with Crippen molar-refractivity contribution in [3.63, 3.8) is 0 Å². The number of nitrogens with zero attached hydrogens (tertiary/aromatic N) is 3. The summed E-state index contributed by atoms with van der Waals surface area (Å²) in [7, 11) is 0. The molecule has 2 bridgehead atoms. The van der Waals surface area contributed by atoms with Gasteiger partial charge >= 0.3 is 0 Å². The highest BCUT2D eigenvalue weighted by Crippen LogP contribution is 2.38. The van der Waals surface area contributed by atoms with Crippen molar-refractivity contribution in [1.29, 1.82) is 0 Å². The summed E-state index contributed by atoms with van der Waals surface area (Å²) in [6, 6.07) is 7.29. The summed E-state index contributed by atoms with van der Waals surface area (Å²) in [5.41, 5.74) is 4.18. The van der Waals surface area contributed by atoms with E-state index >= 15 is 0 Å². The van der Waals surface area contributed by atoms with E-state index in [1.165, 1.54) is 17.6 Å². The maximum Gasteiger partial charge on any atom is 0.250 e. The minimum atomic E-state index is -0.125. The Hall–Kier alpha value is -3.23. The zero-order valence-corrected chi connectivity index (χ0v) is 20.6. The molecule has 2 atom stereocenters. The van der Waals surface area contributed by atoms with Crippen molar-refractivity contribution >= 4 is 22.3 Å². The number of pyridine rings is 1. The molecule has 8 heteroatoms. The first-order valence-electron chi connectivity index (χ1n) is 12.1. The third kappa shape index (κ3) is 3.72. The number of aromatic nitrogens is 2. The average molecular weight is 490 g/mol. The molecule has 0 saturated carbocycles. The van der Waals surface area contributed by atoms with Gasteiger partial charge in [0.05, 0.1) is 16.5 Å². The monoisotopic (exact) mass is 489 g/mol. The fourth-order valence-corrected chi connectivity index (χ4v) is 6.58. The standard InChI is InChI=1S/C27H27N3O4S/c1-3-17-8-19-25(33)21(27-28-15(2)14-35-27)13-34-26(19)20(24(17)32)12-29-9-16-7-18(11-29)22-5-4-6-23(31)30(22)10-16/h4-6,8,13-14,16,18,32H,3,7,9-12H2,1-2H3/t16-,18-/m0/s1. The van der Waals surface area contributed by atoms with Gasteiger partial charge in [-0.3, -0.25) is 14.5 Å². The third-order valence-corrected chi connectivity index (χ3v) is 8.37. The zero-order chi connectivity index (χ0) is 24.3. The molecule has 1 fully saturated rings. The number of benzene rings is 1.